The molecule has 1 aliphatic rings. The van der Waals surface area contributed by atoms with Gasteiger partial charge in [0.15, 0.2) is 0 Å². The van der Waals surface area contributed by atoms with Crippen LogP contribution in [0.25, 0.3) is 10.9 Å². The molecule has 1 aromatic heterocycles. The molecule has 1 aliphatic heterocycles. The molecule has 0 bridgehead atoms. The Bertz CT molecular complexity index is 930. The van der Waals surface area contributed by atoms with Gasteiger partial charge >= 0.3 is 0 Å². The third-order valence-electron chi connectivity index (χ3n) is 5.18. The van der Waals surface area contributed by atoms with Crippen molar-refractivity contribution in [3.05, 3.63) is 66.2 Å². The van der Waals surface area contributed by atoms with E-state index in [0.29, 0.717) is 0 Å². The number of quaternary nitrogens is 1. The SMILES string of the molecule is CC(=O)Nc1ccc(C[NH+]2CCN(c3ccc4ccccc4[nH+]3)CC2)cc1. The van der Waals surface area contributed by atoms with Gasteiger partial charge in [-0.1, -0.05) is 30.3 Å². The zero-order chi connectivity index (χ0) is 18.6. The summed E-state index contributed by atoms with van der Waals surface area (Å²) in [6.45, 7) is 6.89. The quantitative estimate of drug-likeness (QED) is 0.739. The highest BCUT2D eigenvalue weighted by Gasteiger charge is 2.26. The predicted octanol–water partition coefficient (Wildman–Crippen LogP) is 1.52. The van der Waals surface area contributed by atoms with Crippen molar-refractivity contribution in [3.63, 3.8) is 0 Å². The molecule has 1 saturated heterocycles. The summed E-state index contributed by atoms with van der Waals surface area (Å²) in [6.07, 6.45) is 0. The zero-order valence-corrected chi connectivity index (χ0v) is 15.7. The number of aromatic nitrogens is 1. The van der Waals surface area contributed by atoms with E-state index in [-0.39, 0.29) is 5.91 Å². The second kappa shape index (κ2) is 7.76. The summed E-state index contributed by atoms with van der Waals surface area (Å²) in [5, 5.41) is 4.06. The molecular weight excluding hydrogens is 336 g/mol. The van der Waals surface area contributed by atoms with Gasteiger partial charge in [-0.3, -0.25) is 9.69 Å². The highest BCUT2D eigenvalue weighted by atomic mass is 16.1. The average Bonchev–Trinajstić information content (AvgIpc) is 2.69. The highest BCUT2D eigenvalue weighted by Crippen LogP contribution is 2.14. The molecule has 0 atom stereocenters. The summed E-state index contributed by atoms with van der Waals surface area (Å²) in [7, 11) is 0. The molecule has 0 unspecified atom stereocenters. The lowest BCUT2D eigenvalue weighted by atomic mass is 10.1. The molecule has 5 heteroatoms. The van der Waals surface area contributed by atoms with E-state index in [1.54, 1.807) is 4.90 Å². The van der Waals surface area contributed by atoms with Crippen LogP contribution >= 0.6 is 0 Å². The number of nitrogens with one attached hydrogen (secondary N) is 3. The molecule has 3 N–H and O–H groups in total. The fourth-order valence-electron chi connectivity index (χ4n) is 3.73. The number of benzene rings is 2. The zero-order valence-electron chi connectivity index (χ0n) is 15.7. The molecule has 0 spiro atoms. The topological polar surface area (TPSA) is 50.9 Å². The number of pyridine rings is 1. The monoisotopic (exact) mass is 362 g/mol. The molecule has 138 valence electrons. The molecule has 27 heavy (non-hydrogen) atoms. The highest BCUT2D eigenvalue weighted by molar-refractivity contribution is 5.88. The fraction of sp³-hybridized carbons (Fsp3) is 0.273. The standard InChI is InChI=1S/C22H24N4O/c1-17(27)23-20-9-6-18(7-10-20)16-25-12-14-26(15-13-25)22-11-8-19-4-2-3-5-21(19)24-22/h2-11H,12-16H2,1H3,(H,23,27)/p+2. The molecule has 1 amide bonds. The number of hydrogen-bond donors (Lipinski definition) is 2. The van der Waals surface area contributed by atoms with Crippen molar-refractivity contribution < 1.29 is 14.7 Å². The first-order valence-corrected chi connectivity index (χ1v) is 9.53. The van der Waals surface area contributed by atoms with E-state index in [4.69, 9.17) is 0 Å². The van der Waals surface area contributed by atoms with Crippen LogP contribution in [0.1, 0.15) is 12.5 Å². The van der Waals surface area contributed by atoms with E-state index in [1.165, 1.54) is 29.2 Å². The smallest absolute Gasteiger partial charge is 0.275 e. The molecular formula is C22H26N4O+2. The molecule has 3 aromatic rings. The van der Waals surface area contributed by atoms with Crippen LogP contribution in [0.3, 0.4) is 0 Å². The number of piperazine rings is 1. The third kappa shape index (κ3) is 4.26. The number of aromatic amines is 1. The van der Waals surface area contributed by atoms with Crippen LogP contribution in [-0.2, 0) is 11.3 Å². The number of carbonyl (C=O) groups excluding carboxylic acids is 1. The molecule has 1 fully saturated rings. The molecule has 5 nitrogen and oxygen atoms in total. The predicted molar refractivity (Wildman–Crippen MR) is 108 cm³/mol. The fourth-order valence-corrected chi connectivity index (χ4v) is 3.73. The second-order valence-corrected chi connectivity index (χ2v) is 7.22. The van der Waals surface area contributed by atoms with Gasteiger partial charge in [-0.2, -0.15) is 0 Å². The number of nitrogens with zero attached hydrogens (tertiary/aromatic N) is 1. The van der Waals surface area contributed by atoms with E-state index in [0.717, 1.165) is 38.4 Å². The first kappa shape index (κ1) is 17.5. The summed E-state index contributed by atoms with van der Waals surface area (Å²) in [5.74, 6) is 1.17. The number of para-hydroxylation sites is 1. The summed E-state index contributed by atoms with van der Waals surface area (Å²) in [6, 6.07) is 21.0. The van der Waals surface area contributed by atoms with Crippen LogP contribution in [0.15, 0.2) is 60.7 Å². The summed E-state index contributed by atoms with van der Waals surface area (Å²) in [5.41, 5.74) is 3.35. The van der Waals surface area contributed by atoms with Gasteiger partial charge in [-0.05, 0) is 24.3 Å². The summed E-state index contributed by atoms with van der Waals surface area (Å²) in [4.78, 5) is 18.7. The van der Waals surface area contributed by atoms with Crippen LogP contribution in [0.5, 0.6) is 0 Å². The van der Waals surface area contributed by atoms with E-state index in [1.807, 2.05) is 12.1 Å². The number of carbonyl (C=O) groups is 1. The Morgan fingerprint density at radius 2 is 1.78 bits per heavy atom. The van der Waals surface area contributed by atoms with E-state index in [2.05, 4.69) is 63.7 Å². The normalized spacial score (nSPS) is 15.1. The van der Waals surface area contributed by atoms with Gasteiger partial charge < -0.3 is 10.2 Å². The number of amides is 1. The lowest BCUT2D eigenvalue weighted by Crippen LogP contribution is -3.13. The van der Waals surface area contributed by atoms with Crippen molar-refractivity contribution >= 4 is 28.3 Å². The minimum Gasteiger partial charge on any atom is -0.326 e. The van der Waals surface area contributed by atoms with Crippen molar-refractivity contribution in [2.75, 3.05) is 36.4 Å². The third-order valence-corrected chi connectivity index (χ3v) is 5.18. The van der Waals surface area contributed by atoms with Crippen LogP contribution in [0, 0.1) is 0 Å². The van der Waals surface area contributed by atoms with E-state index in [9.17, 15) is 4.79 Å². The summed E-state index contributed by atoms with van der Waals surface area (Å²) < 4.78 is 0. The lowest BCUT2D eigenvalue weighted by molar-refractivity contribution is -0.914. The van der Waals surface area contributed by atoms with Crippen molar-refractivity contribution in [1.82, 2.24) is 0 Å². The Morgan fingerprint density at radius 3 is 2.52 bits per heavy atom. The molecule has 0 aliphatic carbocycles. The number of fused-ring (bicyclic) bond motifs is 1. The van der Waals surface area contributed by atoms with Gasteiger partial charge in [0, 0.05) is 29.6 Å². The Kier molecular flexibility index (Phi) is 5.03. The Labute approximate surface area is 159 Å². The molecule has 0 saturated carbocycles. The summed E-state index contributed by atoms with van der Waals surface area (Å²) >= 11 is 0. The van der Waals surface area contributed by atoms with Gasteiger partial charge in [-0.15, -0.1) is 0 Å². The second-order valence-electron chi connectivity index (χ2n) is 7.22. The first-order chi connectivity index (χ1) is 13.2. The van der Waals surface area contributed by atoms with Gasteiger partial charge in [-0.25, -0.2) is 4.98 Å². The lowest BCUT2D eigenvalue weighted by Gasteiger charge is -2.28. The number of anilines is 2. The Hall–Kier alpha value is -2.92. The molecule has 4 rings (SSSR count). The Balaban J connectivity index is 1.35. The van der Waals surface area contributed by atoms with Crippen LogP contribution in [0.2, 0.25) is 0 Å². The van der Waals surface area contributed by atoms with Crippen LogP contribution in [-0.4, -0.2) is 32.1 Å². The van der Waals surface area contributed by atoms with E-state index >= 15 is 0 Å². The maximum absolute atomic E-state index is 11.1. The largest absolute Gasteiger partial charge is 0.326 e. The molecule has 0 radical (unpaired) electrons. The van der Waals surface area contributed by atoms with Crippen LogP contribution < -0.4 is 20.1 Å². The Morgan fingerprint density at radius 1 is 1.04 bits per heavy atom. The maximum atomic E-state index is 11.1. The molecule has 2 heterocycles. The van der Waals surface area contributed by atoms with Gasteiger partial charge in [0.25, 0.3) is 5.82 Å². The van der Waals surface area contributed by atoms with Crippen LogP contribution in [0.4, 0.5) is 11.5 Å². The van der Waals surface area contributed by atoms with Gasteiger partial charge in [0.05, 0.1) is 0 Å². The van der Waals surface area contributed by atoms with Crippen molar-refractivity contribution in [2.24, 2.45) is 0 Å². The minimum absolute atomic E-state index is 0.0324. The van der Waals surface area contributed by atoms with Crippen molar-refractivity contribution in [3.8, 4) is 0 Å². The van der Waals surface area contributed by atoms with Crippen molar-refractivity contribution in [1.29, 1.82) is 0 Å². The minimum atomic E-state index is -0.0324. The number of hydrogen-bond acceptors (Lipinski definition) is 2. The average molecular weight is 362 g/mol. The van der Waals surface area contributed by atoms with E-state index < -0.39 is 0 Å². The van der Waals surface area contributed by atoms with Gasteiger partial charge in [0.2, 0.25) is 5.91 Å². The first-order valence-electron chi connectivity index (χ1n) is 9.53. The molecule has 2 aromatic carbocycles. The number of rotatable bonds is 4. The van der Waals surface area contributed by atoms with Crippen molar-refractivity contribution in [2.45, 2.75) is 13.5 Å². The van der Waals surface area contributed by atoms with Gasteiger partial charge in [0.1, 0.15) is 38.2 Å². The maximum Gasteiger partial charge on any atom is 0.275 e. The number of H-pyrrole nitrogens is 1.